The fraction of sp³-hybridized carbons (Fsp3) is 0.111. The first-order chi connectivity index (χ1) is 8.91. The van der Waals surface area contributed by atoms with E-state index in [9.17, 15) is 15.2 Å². The second-order valence-electron chi connectivity index (χ2n) is 3.39. The van der Waals surface area contributed by atoms with Gasteiger partial charge < -0.3 is 15.5 Å². The molecule has 1 aromatic carbocycles. The highest BCUT2D eigenvalue weighted by molar-refractivity contribution is 5.84. The SMILES string of the molecule is O=C(O)CC=NNc1ccc([NH+]([O-])O)cc1[NH+]([O-])O. The van der Waals surface area contributed by atoms with Crippen LogP contribution in [0.5, 0.6) is 0 Å². The van der Waals surface area contributed by atoms with Gasteiger partial charge in [-0.3, -0.25) is 10.2 Å². The standard InChI is InChI=1S/C9H12N4O6/c14-9(15)3-4-10-11-7-2-1-6(12(16)17)5-8(7)13(18)19/h1-2,4-5,11-13,16,18H,3H2,(H,14,15). The Hall–Kier alpha value is -2.08. The number of carboxylic acids is 1. The van der Waals surface area contributed by atoms with Crippen molar-refractivity contribution < 1.29 is 30.8 Å². The number of rotatable bonds is 6. The van der Waals surface area contributed by atoms with Crippen molar-refractivity contribution in [3.05, 3.63) is 28.6 Å². The Morgan fingerprint density at radius 2 is 2.05 bits per heavy atom. The third kappa shape index (κ3) is 4.59. The molecule has 10 nitrogen and oxygen atoms in total. The van der Waals surface area contributed by atoms with E-state index in [0.717, 1.165) is 12.3 Å². The van der Waals surface area contributed by atoms with Crippen LogP contribution in [-0.4, -0.2) is 27.7 Å². The van der Waals surface area contributed by atoms with Crippen molar-refractivity contribution >= 4 is 29.2 Å². The van der Waals surface area contributed by atoms with Crippen LogP contribution in [0.4, 0.5) is 17.1 Å². The van der Waals surface area contributed by atoms with Crippen LogP contribution in [0, 0.1) is 10.4 Å². The normalized spacial score (nSPS) is 14.3. The summed E-state index contributed by atoms with van der Waals surface area (Å²) in [6, 6.07) is 3.44. The Bertz CT molecular complexity index is 476. The van der Waals surface area contributed by atoms with Crippen LogP contribution >= 0.6 is 0 Å². The molecule has 0 radical (unpaired) electrons. The van der Waals surface area contributed by atoms with Crippen molar-refractivity contribution in [2.24, 2.45) is 5.10 Å². The van der Waals surface area contributed by atoms with E-state index in [1.54, 1.807) is 0 Å². The predicted octanol–water partition coefficient (Wildman–Crippen LogP) is -1.63. The summed E-state index contributed by atoms with van der Waals surface area (Å²) < 4.78 is 0. The number of quaternary nitrogens is 2. The number of nitrogens with zero attached hydrogens (tertiary/aromatic N) is 1. The molecule has 0 spiro atoms. The number of hydrazone groups is 1. The first-order valence-corrected chi connectivity index (χ1v) is 5.01. The Morgan fingerprint density at radius 1 is 1.37 bits per heavy atom. The van der Waals surface area contributed by atoms with Crippen LogP contribution in [0.3, 0.4) is 0 Å². The summed E-state index contributed by atoms with van der Waals surface area (Å²) in [6.07, 6.45) is 0.738. The molecule has 1 aromatic rings. The molecular formula is C9H12N4O6. The molecule has 1 rings (SSSR count). The van der Waals surface area contributed by atoms with Crippen molar-refractivity contribution in [1.29, 1.82) is 0 Å². The predicted molar refractivity (Wildman–Crippen MR) is 62.4 cm³/mol. The van der Waals surface area contributed by atoms with E-state index >= 15 is 0 Å². The van der Waals surface area contributed by atoms with Crippen LogP contribution in [0.1, 0.15) is 6.42 Å². The van der Waals surface area contributed by atoms with Crippen molar-refractivity contribution in [3.63, 3.8) is 0 Å². The molecule has 0 fully saturated rings. The first kappa shape index (κ1) is 15.0. The summed E-state index contributed by atoms with van der Waals surface area (Å²) in [5.41, 5.74) is 1.98. The molecule has 0 saturated heterocycles. The van der Waals surface area contributed by atoms with Gasteiger partial charge in [0.25, 0.3) is 0 Å². The van der Waals surface area contributed by atoms with E-state index in [2.05, 4.69) is 10.5 Å². The second-order valence-corrected chi connectivity index (χ2v) is 3.39. The molecule has 0 aliphatic carbocycles. The molecule has 10 heteroatoms. The molecule has 0 aromatic heterocycles. The van der Waals surface area contributed by atoms with Gasteiger partial charge in [-0.25, -0.2) is 10.4 Å². The van der Waals surface area contributed by atoms with Gasteiger partial charge in [-0.2, -0.15) is 15.6 Å². The quantitative estimate of drug-likeness (QED) is 0.268. The first-order valence-electron chi connectivity index (χ1n) is 5.01. The van der Waals surface area contributed by atoms with Gasteiger partial charge in [0.1, 0.15) is 5.69 Å². The zero-order chi connectivity index (χ0) is 14.4. The van der Waals surface area contributed by atoms with Gasteiger partial charge in [-0.05, 0) is 6.07 Å². The Labute approximate surface area is 106 Å². The van der Waals surface area contributed by atoms with Crippen LogP contribution in [0.25, 0.3) is 0 Å². The summed E-state index contributed by atoms with van der Waals surface area (Å²) >= 11 is 0. The second kappa shape index (κ2) is 6.75. The minimum absolute atomic E-state index is 0.0686. The van der Waals surface area contributed by atoms with Gasteiger partial charge in [0.05, 0.1) is 12.5 Å². The van der Waals surface area contributed by atoms with Gasteiger partial charge in [-0.15, -0.1) is 0 Å². The number of anilines is 1. The lowest BCUT2D eigenvalue weighted by atomic mass is 10.2. The monoisotopic (exact) mass is 272 g/mol. The number of benzene rings is 1. The zero-order valence-corrected chi connectivity index (χ0v) is 9.53. The average molecular weight is 272 g/mol. The summed E-state index contributed by atoms with van der Waals surface area (Å²) in [6.45, 7) is 0. The Kier molecular flexibility index (Phi) is 5.32. The molecule has 19 heavy (non-hydrogen) atoms. The maximum atomic E-state index is 11.0. The minimum Gasteiger partial charge on any atom is -0.595 e. The molecule has 0 aliphatic heterocycles. The third-order valence-corrected chi connectivity index (χ3v) is 2.04. The van der Waals surface area contributed by atoms with Crippen molar-refractivity contribution in [2.75, 3.05) is 5.43 Å². The van der Waals surface area contributed by atoms with E-state index in [1.165, 1.54) is 12.1 Å². The maximum absolute atomic E-state index is 11.0. The molecule has 2 unspecified atom stereocenters. The molecule has 0 aliphatic rings. The smallest absolute Gasteiger partial charge is 0.308 e. The highest BCUT2D eigenvalue weighted by Gasteiger charge is 2.13. The van der Waals surface area contributed by atoms with Crippen molar-refractivity contribution in [1.82, 2.24) is 0 Å². The number of nitrogens with one attached hydrogen (secondary N) is 3. The third-order valence-electron chi connectivity index (χ3n) is 2.04. The lowest BCUT2D eigenvalue weighted by Crippen LogP contribution is -3.00. The molecule has 0 amide bonds. The van der Waals surface area contributed by atoms with E-state index in [4.69, 9.17) is 15.5 Å². The van der Waals surface area contributed by atoms with E-state index in [0.29, 0.717) is 0 Å². The van der Waals surface area contributed by atoms with Crippen molar-refractivity contribution in [3.8, 4) is 0 Å². The Morgan fingerprint density at radius 3 is 2.58 bits per heavy atom. The van der Waals surface area contributed by atoms with Crippen LogP contribution in [0.15, 0.2) is 23.3 Å². The van der Waals surface area contributed by atoms with Crippen LogP contribution < -0.4 is 15.9 Å². The van der Waals surface area contributed by atoms with Gasteiger partial charge in [-0.1, -0.05) is 0 Å². The number of carbonyl (C=O) groups is 1. The Balaban J connectivity index is 2.88. The van der Waals surface area contributed by atoms with E-state index < -0.39 is 16.4 Å². The highest BCUT2D eigenvalue weighted by Crippen LogP contribution is 2.20. The largest absolute Gasteiger partial charge is 0.595 e. The number of hydrogen-bond acceptors (Lipinski definition) is 7. The van der Waals surface area contributed by atoms with E-state index in [-0.39, 0.29) is 23.5 Å². The van der Waals surface area contributed by atoms with E-state index in [1.807, 2.05) is 0 Å². The lowest BCUT2D eigenvalue weighted by molar-refractivity contribution is -0.996. The summed E-state index contributed by atoms with van der Waals surface area (Å²) in [5.74, 6) is -1.08. The van der Waals surface area contributed by atoms with Crippen LogP contribution in [0.2, 0.25) is 0 Å². The fourth-order valence-corrected chi connectivity index (χ4v) is 1.19. The number of hydrogen-bond donors (Lipinski definition) is 6. The number of aliphatic carboxylic acids is 1. The summed E-state index contributed by atoms with van der Waals surface area (Å²) in [7, 11) is 0. The zero-order valence-electron chi connectivity index (χ0n) is 9.53. The molecule has 0 saturated carbocycles. The number of carboxylic acid groups (broad SMARTS) is 1. The van der Waals surface area contributed by atoms with Gasteiger partial charge >= 0.3 is 5.97 Å². The molecule has 6 N–H and O–H groups in total. The maximum Gasteiger partial charge on any atom is 0.308 e. The summed E-state index contributed by atoms with van der Waals surface area (Å²) in [5, 5.41) is 48.7. The van der Waals surface area contributed by atoms with Gasteiger partial charge in [0, 0.05) is 12.3 Å². The molecule has 0 heterocycles. The summed E-state index contributed by atoms with van der Waals surface area (Å²) in [4.78, 5) is 10.2. The lowest BCUT2D eigenvalue weighted by Gasteiger charge is -2.17. The molecular weight excluding hydrogens is 260 g/mol. The topological polar surface area (TPSA) is 157 Å². The molecule has 104 valence electrons. The van der Waals surface area contributed by atoms with Gasteiger partial charge in [0.15, 0.2) is 11.4 Å². The van der Waals surface area contributed by atoms with Gasteiger partial charge in [0.2, 0.25) is 0 Å². The van der Waals surface area contributed by atoms with Crippen LogP contribution in [-0.2, 0) is 4.79 Å². The molecule has 0 bridgehead atoms. The highest BCUT2D eigenvalue weighted by atomic mass is 16.8. The minimum atomic E-state index is -1.32. The molecule has 2 atom stereocenters. The fourth-order valence-electron chi connectivity index (χ4n) is 1.19. The van der Waals surface area contributed by atoms with Crippen molar-refractivity contribution in [2.45, 2.75) is 6.42 Å². The average Bonchev–Trinajstić information content (AvgIpc) is 2.34.